The topological polar surface area (TPSA) is 29.5 Å². The summed E-state index contributed by atoms with van der Waals surface area (Å²) in [6, 6.07) is 0. The summed E-state index contributed by atoms with van der Waals surface area (Å²) in [5, 5.41) is 8.97. The lowest BCUT2D eigenvalue weighted by Crippen LogP contribution is -2.20. The maximum Gasteiger partial charge on any atom is 0.0628 e. The second kappa shape index (κ2) is 4.07. The van der Waals surface area contributed by atoms with Gasteiger partial charge in [-0.2, -0.15) is 0 Å². The fourth-order valence-electron chi connectivity index (χ4n) is 1.63. The molecule has 1 aliphatic heterocycles. The van der Waals surface area contributed by atoms with Crippen LogP contribution < -0.4 is 0 Å². The molecule has 0 aliphatic carbocycles. The quantitative estimate of drug-likeness (QED) is 0.673. The van der Waals surface area contributed by atoms with Crippen molar-refractivity contribution in [3.63, 3.8) is 0 Å². The average molecular weight is 158 g/mol. The van der Waals surface area contributed by atoms with E-state index in [-0.39, 0.29) is 6.61 Å². The van der Waals surface area contributed by atoms with Crippen LogP contribution in [0.2, 0.25) is 0 Å². The Hall–Kier alpha value is -0.0800. The number of rotatable bonds is 3. The van der Waals surface area contributed by atoms with E-state index in [1.807, 2.05) is 0 Å². The predicted molar refractivity (Wildman–Crippen MR) is 44.4 cm³/mol. The molecule has 1 saturated heterocycles. The molecule has 1 aliphatic rings. The molecule has 0 aromatic rings. The first-order chi connectivity index (χ1) is 5.24. The molecule has 2 unspecified atom stereocenters. The molecule has 11 heavy (non-hydrogen) atoms. The van der Waals surface area contributed by atoms with E-state index in [1.54, 1.807) is 0 Å². The molecule has 0 saturated carbocycles. The van der Waals surface area contributed by atoms with Gasteiger partial charge >= 0.3 is 0 Å². The summed E-state index contributed by atoms with van der Waals surface area (Å²) in [5.74, 6) is 1.07. The highest BCUT2D eigenvalue weighted by atomic mass is 16.5. The van der Waals surface area contributed by atoms with Crippen LogP contribution in [0.1, 0.15) is 26.7 Å². The Morgan fingerprint density at radius 3 is 2.82 bits per heavy atom. The number of ether oxygens (including phenoxy) is 1. The molecule has 2 heteroatoms. The van der Waals surface area contributed by atoms with Gasteiger partial charge in [-0.1, -0.05) is 13.8 Å². The zero-order valence-electron chi connectivity index (χ0n) is 7.42. The molecule has 2 atom stereocenters. The summed E-state index contributed by atoms with van der Waals surface area (Å²) in [5.41, 5.74) is 0. The first kappa shape index (κ1) is 9.01. The third-order valence-corrected chi connectivity index (χ3v) is 2.28. The van der Waals surface area contributed by atoms with Gasteiger partial charge in [0.25, 0.3) is 0 Å². The Bertz CT molecular complexity index is 112. The SMILES string of the molecule is CC(C)CC1OCCC1CO. The van der Waals surface area contributed by atoms with E-state index in [9.17, 15) is 0 Å². The van der Waals surface area contributed by atoms with Crippen LogP contribution in [0.5, 0.6) is 0 Å². The number of hydrogen-bond acceptors (Lipinski definition) is 2. The van der Waals surface area contributed by atoms with E-state index in [1.165, 1.54) is 0 Å². The molecule has 66 valence electrons. The van der Waals surface area contributed by atoms with E-state index in [2.05, 4.69) is 13.8 Å². The molecule has 0 aromatic carbocycles. The second-order valence-electron chi connectivity index (χ2n) is 3.77. The van der Waals surface area contributed by atoms with E-state index >= 15 is 0 Å². The number of aliphatic hydroxyl groups is 1. The maximum absolute atomic E-state index is 8.97. The van der Waals surface area contributed by atoms with Crippen LogP contribution in [-0.4, -0.2) is 24.4 Å². The molecule has 1 heterocycles. The molecular weight excluding hydrogens is 140 g/mol. The highest BCUT2D eigenvalue weighted by molar-refractivity contribution is 4.76. The normalized spacial score (nSPS) is 31.6. The van der Waals surface area contributed by atoms with Crippen molar-refractivity contribution in [3.05, 3.63) is 0 Å². The van der Waals surface area contributed by atoms with E-state index in [4.69, 9.17) is 9.84 Å². The van der Waals surface area contributed by atoms with Crippen molar-refractivity contribution in [2.45, 2.75) is 32.8 Å². The molecule has 0 aromatic heterocycles. The largest absolute Gasteiger partial charge is 0.396 e. The fraction of sp³-hybridized carbons (Fsp3) is 1.00. The van der Waals surface area contributed by atoms with Crippen LogP contribution >= 0.6 is 0 Å². The van der Waals surface area contributed by atoms with Gasteiger partial charge in [0.2, 0.25) is 0 Å². The summed E-state index contributed by atoms with van der Waals surface area (Å²) in [6.45, 7) is 5.51. The minimum absolute atomic E-state index is 0.289. The molecule has 1 N–H and O–H groups in total. The summed E-state index contributed by atoms with van der Waals surface area (Å²) in [4.78, 5) is 0. The Morgan fingerprint density at radius 2 is 2.27 bits per heavy atom. The molecule has 1 fully saturated rings. The van der Waals surface area contributed by atoms with Crippen LogP contribution in [0.25, 0.3) is 0 Å². The van der Waals surface area contributed by atoms with Gasteiger partial charge in [0.05, 0.1) is 6.10 Å². The molecule has 2 nitrogen and oxygen atoms in total. The van der Waals surface area contributed by atoms with Crippen molar-refractivity contribution in [1.29, 1.82) is 0 Å². The van der Waals surface area contributed by atoms with Gasteiger partial charge in [0.1, 0.15) is 0 Å². The summed E-state index contributed by atoms with van der Waals surface area (Å²) < 4.78 is 5.51. The van der Waals surface area contributed by atoms with Gasteiger partial charge < -0.3 is 9.84 Å². The van der Waals surface area contributed by atoms with Gasteiger partial charge in [-0.05, 0) is 18.8 Å². The molecule has 0 amide bonds. The third kappa shape index (κ3) is 2.46. The zero-order chi connectivity index (χ0) is 8.27. The van der Waals surface area contributed by atoms with Crippen LogP contribution in [0.3, 0.4) is 0 Å². The van der Waals surface area contributed by atoms with Crippen molar-refractivity contribution in [2.24, 2.45) is 11.8 Å². The van der Waals surface area contributed by atoms with Crippen molar-refractivity contribution in [1.82, 2.24) is 0 Å². The summed E-state index contributed by atoms with van der Waals surface area (Å²) in [7, 11) is 0. The number of hydrogen-bond donors (Lipinski definition) is 1. The Balaban J connectivity index is 2.31. The zero-order valence-corrected chi connectivity index (χ0v) is 7.42. The average Bonchev–Trinajstić information content (AvgIpc) is 2.34. The molecule has 0 spiro atoms. The smallest absolute Gasteiger partial charge is 0.0628 e. The molecule has 1 rings (SSSR count). The van der Waals surface area contributed by atoms with Gasteiger partial charge in [-0.15, -0.1) is 0 Å². The highest BCUT2D eigenvalue weighted by Gasteiger charge is 2.27. The Kier molecular flexibility index (Phi) is 3.34. The van der Waals surface area contributed by atoms with Crippen LogP contribution in [-0.2, 0) is 4.74 Å². The van der Waals surface area contributed by atoms with Crippen LogP contribution in [0, 0.1) is 11.8 Å². The van der Waals surface area contributed by atoms with Crippen molar-refractivity contribution in [3.8, 4) is 0 Å². The standard InChI is InChI=1S/C9H18O2/c1-7(2)5-9-8(6-10)3-4-11-9/h7-10H,3-6H2,1-2H3. The fourth-order valence-corrected chi connectivity index (χ4v) is 1.63. The lowest BCUT2D eigenvalue weighted by molar-refractivity contribution is 0.0567. The minimum atomic E-state index is 0.289. The van der Waals surface area contributed by atoms with E-state index in [0.29, 0.717) is 17.9 Å². The first-order valence-corrected chi connectivity index (χ1v) is 4.46. The predicted octanol–water partition coefficient (Wildman–Crippen LogP) is 1.43. The van der Waals surface area contributed by atoms with Crippen molar-refractivity contribution >= 4 is 0 Å². The lowest BCUT2D eigenvalue weighted by atomic mass is 9.95. The van der Waals surface area contributed by atoms with Gasteiger partial charge in [0, 0.05) is 19.1 Å². The summed E-state index contributed by atoms with van der Waals surface area (Å²) in [6.07, 6.45) is 2.44. The molecule has 0 bridgehead atoms. The maximum atomic E-state index is 8.97. The Morgan fingerprint density at radius 1 is 1.55 bits per heavy atom. The molecule has 0 radical (unpaired) electrons. The highest BCUT2D eigenvalue weighted by Crippen LogP contribution is 2.25. The summed E-state index contributed by atoms with van der Waals surface area (Å²) >= 11 is 0. The first-order valence-electron chi connectivity index (χ1n) is 4.46. The Labute approximate surface area is 68.6 Å². The number of aliphatic hydroxyl groups excluding tert-OH is 1. The second-order valence-corrected chi connectivity index (χ2v) is 3.77. The third-order valence-electron chi connectivity index (χ3n) is 2.28. The van der Waals surface area contributed by atoms with Crippen LogP contribution in [0.15, 0.2) is 0 Å². The van der Waals surface area contributed by atoms with Crippen molar-refractivity contribution in [2.75, 3.05) is 13.2 Å². The van der Waals surface area contributed by atoms with Crippen molar-refractivity contribution < 1.29 is 9.84 Å². The molecular formula is C9H18O2. The van der Waals surface area contributed by atoms with E-state index in [0.717, 1.165) is 19.4 Å². The van der Waals surface area contributed by atoms with Gasteiger partial charge in [-0.3, -0.25) is 0 Å². The lowest BCUT2D eigenvalue weighted by Gasteiger charge is -2.17. The van der Waals surface area contributed by atoms with Gasteiger partial charge in [0.15, 0.2) is 0 Å². The monoisotopic (exact) mass is 158 g/mol. The van der Waals surface area contributed by atoms with Crippen LogP contribution in [0.4, 0.5) is 0 Å². The minimum Gasteiger partial charge on any atom is -0.396 e. The van der Waals surface area contributed by atoms with Gasteiger partial charge in [-0.25, -0.2) is 0 Å². The van der Waals surface area contributed by atoms with E-state index < -0.39 is 0 Å².